The van der Waals surface area contributed by atoms with E-state index < -0.39 is 17.7 Å². The number of aromatic nitrogens is 2. The average molecular weight is 682 g/mol. The van der Waals surface area contributed by atoms with Crippen molar-refractivity contribution in [2.75, 3.05) is 4.90 Å². The molecule has 1 fully saturated rings. The summed E-state index contributed by atoms with van der Waals surface area (Å²) in [7, 11) is 0. The van der Waals surface area contributed by atoms with Gasteiger partial charge in [0, 0.05) is 22.8 Å². The highest BCUT2D eigenvalue weighted by Crippen LogP contribution is 2.45. The molecular weight excluding hydrogens is 654 g/mol. The predicted octanol–water partition coefficient (Wildman–Crippen LogP) is 8.01. The van der Waals surface area contributed by atoms with E-state index in [1.54, 1.807) is 30.3 Å². The maximum atomic E-state index is 13.8. The molecule has 1 aromatic heterocycles. The molecule has 2 aliphatic heterocycles. The second-order valence-electron chi connectivity index (χ2n) is 11.2. The molecule has 0 aliphatic carbocycles. The Kier molecular flexibility index (Phi) is 8.72. The second-order valence-corrected chi connectivity index (χ2v) is 13.8. The van der Waals surface area contributed by atoms with Gasteiger partial charge in [-0.1, -0.05) is 95.4 Å². The van der Waals surface area contributed by atoms with Gasteiger partial charge in [0.05, 0.1) is 11.6 Å². The number of ether oxygens (including phenoxy) is 2. The third kappa shape index (κ3) is 6.36. The molecule has 0 saturated carbocycles. The van der Waals surface area contributed by atoms with E-state index in [2.05, 4.69) is 10.2 Å². The van der Waals surface area contributed by atoms with Gasteiger partial charge in [-0.25, -0.2) is 0 Å². The highest BCUT2D eigenvalue weighted by atomic mass is 35.5. The number of hydrogen-bond donors (Lipinski definition) is 1. The lowest BCUT2D eigenvalue weighted by Gasteiger charge is -2.23. The van der Waals surface area contributed by atoms with Crippen molar-refractivity contribution in [1.29, 1.82) is 0 Å². The van der Waals surface area contributed by atoms with E-state index in [0.717, 1.165) is 22.4 Å². The molecule has 8 nitrogen and oxygen atoms in total. The Morgan fingerprint density at radius 3 is 2.66 bits per heavy atom. The predicted molar refractivity (Wildman–Crippen MR) is 183 cm³/mol. The SMILES string of the molecule is C[C@@H]1Cc2cc(C(O)=C3C(=O)C(=O)N(c4nnc(SCc5ccccc5Cl)s4)[C@H]3c3cccc(OCc4ccccc4)c3)ccc2O1. The van der Waals surface area contributed by atoms with Crippen molar-refractivity contribution in [2.24, 2.45) is 0 Å². The number of halogens is 1. The van der Waals surface area contributed by atoms with Crippen molar-refractivity contribution in [3.05, 3.63) is 135 Å². The van der Waals surface area contributed by atoms with Crippen LogP contribution in [0.3, 0.4) is 0 Å². The van der Waals surface area contributed by atoms with E-state index >= 15 is 0 Å². The first-order valence-electron chi connectivity index (χ1n) is 14.9. The van der Waals surface area contributed by atoms with Gasteiger partial charge < -0.3 is 14.6 Å². The fraction of sp³-hybridized carbons (Fsp3) is 0.167. The van der Waals surface area contributed by atoms with Gasteiger partial charge in [0.1, 0.15) is 30.0 Å². The van der Waals surface area contributed by atoms with Crippen LogP contribution in [0.5, 0.6) is 11.5 Å². The van der Waals surface area contributed by atoms with Crippen LogP contribution in [0.2, 0.25) is 5.02 Å². The molecule has 2 aliphatic rings. The quantitative estimate of drug-likeness (QED) is 0.0549. The van der Waals surface area contributed by atoms with E-state index in [4.69, 9.17) is 21.1 Å². The number of amides is 1. The molecule has 1 saturated heterocycles. The molecule has 1 amide bonds. The van der Waals surface area contributed by atoms with Crippen molar-refractivity contribution in [3.63, 3.8) is 0 Å². The third-order valence-corrected chi connectivity index (χ3v) is 10.4. The molecule has 5 aromatic rings. The first-order chi connectivity index (χ1) is 22.9. The molecular formula is C36H28ClN3O5S2. The largest absolute Gasteiger partial charge is 0.507 e. The summed E-state index contributed by atoms with van der Waals surface area (Å²) in [6, 6.07) is 28.8. The number of anilines is 1. The molecule has 0 unspecified atom stereocenters. The van der Waals surface area contributed by atoms with Gasteiger partial charge in [0.2, 0.25) is 5.13 Å². The number of fused-ring (bicyclic) bond motifs is 1. The number of carbonyl (C=O) groups excluding carboxylic acids is 2. The zero-order valence-corrected chi connectivity index (χ0v) is 27.5. The van der Waals surface area contributed by atoms with Gasteiger partial charge in [0.15, 0.2) is 4.34 Å². The molecule has 47 heavy (non-hydrogen) atoms. The van der Waals surface area contributed by atoms with Crippen molar-refractivity contribution < 1.29 is 24.2 Å². The number of nitrogens with zero attached hydrogens (tertiary/aromatic N) is 3. The molecule has 11 heteroatoms. The zero-order valence-electron chi connectivity index (χ0n) is 25.1. The summed E-state index contributed by atoms with van der Waals surface area (Å²) in [6.45, 7) is 2.31. The lowest BCUT2D eigenvalue weighted by Crippen LogP contribution is -2.29. The van der Waals surface area contributed by atoms with Crippen LogP contribution in [0.4, 0.5) is 5.13 Å². The van der Waals surface area contributed by atoms with Crippen LogP contribution < -0.4 is 14.4 Å². The number of carbonyl (C=O) groups is 2. The molecule has 3 heterocycles. The molecule has 0 radical (unpaired) electrons. The lowest BCUT2D eigenvalue weighted by molar-refractivity contribution is -0.132. The molecule has 2 atom stereocenters. The van der Waals surface area contributed by atoms with Gasteiger partial charge in [-0.05, 0) is 65.6 Å². The topological polar surface area (TPSA) is 102 Å². The number of ketones is 1. The van der Waals surface area contributed by atoms with Crippen LogP contribution >= 0.6 is 34.7 Å². The molecule has 7 rings (SSSR count). The van der Waals surface area contributed by atoms with E-state index in [0.29, 0.717) is 45.0 Å². The van der Waals surface area contributed by atoms with Crippen molar-refractivity contribution >= 4 is 57.3 Å². The van der Waals surface area contributed by atoms with Gasteiger partial charge in [-0.2, -0.15) is 0 Å². The van der Waals surface area contributed by atoms with Crippen LogP contribution in [0.1, 0.15) is 40.8 Å². The number of Topliss-reactive ketones (excluding diaryl/α,β-unsaturated/α-hetero) is 1. The summed E-state index contributed by atoms with van der Waals surface area (Å²) in [5, 5.41) is 21.3. The number of thioether (sulfide) groups is 1. The monoisotopic (exact) mass is 681 g/mol. The average Bonchev–Trinajstić information content (AvgIpc) is 3.78. The first kappa shape index (κ1) is 31.0. The zero-order chi connectivity index (χ0) is 32.5. The number of benzene rings is 4. The highest BCUT2D eigenvalue weighted by Gasteiger charge is 2.48. The fourth-order valence-corrected chi connectivity index (χ4v) is 7.85. The van der Waals surface area contributed by atoms with Crippen LogP contribution in [-0.4, -0.2) is 33.1 Å². The van der Waals surface area contributed by atoms with Crippen LogP contribution in [0.15, 0.2) is 107 Å². The summed E-state index contributed by atoms with van der Waals surface area (Å²) in [5.41, 5.74) is 3.83. The van der Waals surface area contributed by atoms with Crippen LogP contribution in [-0.2, 0) is 28.4 Å². The summed E-state index contributed by atoms with van der Waals surface area (Å²) in [5.74, 6) is -0.0406. The normalized spacial score (nSPS) is 18.3. The summed E-state index contributed by atoms with van der Waals surface area (Å²) in [4.78, 5) is 28.9. The van der Waals surface area contributed by atoms with Gasteiger partial charge in [-0.3, -0.25) is 14.5 Å². The van der Waals surface area contributed by atoms with E-state index in [1.165, 1.54) is 28.0 Å². The molecule has 0 bridgehead atoms. The number of aliphatic hydroxyl groups excluding tert-OH is 1. The first-order valence-corrected chi connectivity index (χ1v) is 17.1. The van der Waals surface area contributed by atoms with Gasteiger partial charge in [0.25, 0.3) is 5.78 Å². The minimum atomic E-state index is -0.979. The maximum Gasteiger partial charge on any atom is 0.301 e. The van der Waals surface area contributed by atoms with Crippen LogP contribution in [0, 0.1) is 0 Å². The van der Waals surface area contributed by atoms with Gasteiger partial charge >= 0.3 is 5.91 Å². The number of hydrogen-bond acceptors (Lipinski definition) is 9. The maximum absolute atomic E-state index is 13.8. The minimum Gasteiger partial charge on any atom is -0.507 e. The van der Waals surface area contributed by atoms with Gasteiger partial charge in [-0.15, -0.1) is 10.2 Å². The molecule has 4 aromatic carbocycles. The Balaban J connectivity index is 1.26. The summed E-state index contributed by atoms with van der Waals surface area (Å²) in [6.07, 6.45) is 0.683. The van der Waals surface area contributed by atoms with Crippen molar-refractivity contribution in [3.8, 4) is 11.5 Å². The molecule has 0 spiro atoms. The Hall–Kier alpha value is -4.64. The number of aliphatic hydroxyl groups is 1. The number of rotatable bonds is 9. The molecule has 1 N–H and O–H groups in total. The smallest absolute Gasteiger partial charge is 0.301 e. The third-order valence-electron chi connectivity index (χ3n) is 7.95. The summed E-state index contributed by atoms with van der Waals surface area (Å²) < 4.78 is 12.5. The van der Waals surface area contributed by atoms with Crippen LogP contribution in [0.25, 0.3) is 5.76 Å². The van der Waals surface area contributed by atoms with E-state index in [1.807, 2.05) is 73.7 Å². The highest BCUT2D eigenvalue weighted by molar-refractivity contribution is 8.00. The fourth-order valence-electron chi connectivity index (χ4n) is 5.70. The minimum absolute atomic E-state index is 0.00832. The standard InChI is InChI=1S/C36H28ClN3O5S2/c1-21-16-26-17-24(14-15-29(26)45-21)32(41)30-31(23-11-7-12-27(18-23)44-19-22-8-3-2-4-9-22)40(34(43)33(30)42)35-38-39-36(47-35)46-20-25-10-5-6-13-28(25)37/h2-15,17-18,21,31,41H,16,19-20H2,1H3/t21-,31+/m1/s1. The van der Waals surface area contributed by atoms with E-state index in [9.17, 15) is 14.7 Å². The Bertz CT molecular complexity index is 2010. The Morgan fingerprint density at radius 2 is 1.83 bits per heavy atom. The lowest BCUT2D eigenvalue weighted by atomic mass is 9.94. The van der Waals surface area contributed by atoms with E-state index in [-0.39, 0.29) is 22.6 Å². The van der Waals surface area contributed by atoms with Crippen molar-refractivity contribution in [2.45, 2.75) is 42.2 Å². The summed E-state index contributed by atoms with van der Waals surface area (Å²) >= 11 is 8.97. The Labute approximate surface area is 284 Å². The Morgan fingerprint density at radius 1 is 1.02 bits per heavy atom. The molecule has 236 valence electrons. The second kappa shape index (κ2) is 13.2. The van der Waals surface area contributed by atoms with Crippen molar-refractivity contribution in [1.82, 2.24) is 10.2 Å².